The van der Waals surface area contributed by atoms with Gasteiger partial charge in [0.2, 0.25) is 0 Å². The van der Waals surface area contributed by atoms with Crippen molar-refractivity contribution in [2.75, 3.05) is 26.3 Å². The number of nitrogens with zero attached hydrogens (tertiary/aromatic N) is 3. The highest BCUT2D eigenvalue weighted by Gasteiger charge is 2.25. The van der Waals surface area contributed by atoms with Crippen LogP contribution in [0.25, 0.3) is 21.8 Å². The minimum atomic E-state index is 0.0535. The molecule has 0 saturated carbocycles. The number of hydrogen-bond acceptors (Lipinski definition) is 6. The summed E-state index contributed by atoms with van der Waals surface area (Å²) in [6, 6.07) is 3.64. The van der Waals surface area contributed by atoms with E-state index in [2.05, 4.69) is 9.97 Å². The maximum absolute atomic E-state index is 12.8. The lowest BCUT2D eigenvalue weighted by atomic mass is 10.1. The number of carbonyl (C=O) groups is 1. The van der Waals surface area contributed by atoms with Crippen molar-refractivity contribution < 1.29 is 13.9 Å². The SMILES string of the molecule is Cc1nc(-c2ccco2)nc2sc(C(=O)N3CCOCC3)c(C)c12. The second-order valence-corrected chi connectivity index (χ2v) is 6.75. The fourth-order valence-electron chi connectivity index (χ4n) is 2.97. The van der Waals surface area contributed by atoms with Crippen LogP contribution in [-0.4, -0.2) is 47.1 Å². The zero-order valence-electron chi connectivity index (χ0n) is 13.5. The minimum absolute atomic E-state index is 0.0535. The van der Waals surface area contributed by atoms with E-state index in [-0.39, 0.29) is 5.91 Å². The van der Waals surface area contributed by atoms with E-state index >= 15 is 0 Å². The van der Waals surface area contributed by atoms with E-state index in [0.29, 0.717) is 37.9 Å². The van der Waals surface area contributed by atoms with Crippen LogP contribution in [-0.2, 0) is 4.74 Å². The van der Waals surface area contributed by atoms with Crippen LogP contribution in [0.3, 0.4) is 0 Å². The fourth-order valence-corrected chi connectivity index (χ4v) is 4.17. The number of rotatable bonds is 2. The molecule has 1 fully saturated rings. The molecule has 3 aromatic rings. The minimum Gasteiger partial charge on any atom is -0.461 e. The van der Waals surface area contributed by atoms with Crippen molar-refractivity contribution >= 4 is 27.5 Å². The Morgan fingerprint density at radius 3 is 2.75 bits per heavy atom. The van der Waals surface area contributed by atoms with Crippen LogP contribution in [0.1, 0.15) is 20.9 Å². The molecule has 0 unspecified atom stereocenters. The van der Waals surface area contributed by atoms with E-state index in [1.54, 1.807) is 6.26 Å². The van der Waals surface area contributed by atoms with Crippen molar-refractivity contribution in [3.05, 3.63) is 34.5 Å². The van der Waals surface area contributed by atoms with Gasteiger partial charge >= 0.3 is 0 Å². The summed E-state index contributed by atoms with van der Waals surface area (Å²) in [5.41, 5.74) is 1.82. The largest absolute Gasteiger partial charge is 0.461 e. The fraction of sp³-hybridized carbons (Fsp3) is 0.353. The molecule has 1 amide bonds. The highest BCUT2D eigenvalue weighted by molar-refractivity contribution is 7.20. The Labute approximate surface area is 143 Å². The standard InChI is InChI=1S/C17H17N3O3S/c1-10-13-11(2)18-15(12-4-3-7-23-12)19-16(13)24-14(10)17(21)20-5-8-22-9-6-20/h3-4,7H,5-6,8-9H2,1-2H3. The molecule has 1 saturated heterocycles. The Balaban J connectivity index is 1.79. The topological polar surface area (TPSA) is 68.5 Å². The van der Waals surface area contributed by atoms with Gasteiger partial charge in [0.1, 0.15) is 4.83 Å². The second kappa shape index (κ2) is 5.99. The monoisotopic (exact) mass is 343 g/mol. The van der Waals surface area contributed by atoms with Crippen molar-refractivity contribution in [3.8, 4) is 11.6 Å². The molecule has 6 nitrogen and oxygen atoms in total. The number of furan rings is 1. The summed E-state index contributed by atoms with van der Waals surface area (Å²) < 4.78 is 10.7. The molecule has 124 valence electrons. The van der Waals surface area contributed by atoms with Gasteiger partial charge in [-0.05, 0) is 31.5 Å². The predicted molar refractivity (Wildman–Crippen MR) is 91.3 cm³/mol. The van der Waals surface area contributed by atoms with E-state index in [1.807, 2.05) is 30.9 Å². The number of aryl methyl sites for hydroxylation is 2. The summed E-state index contributed by atoms with van der Waals surface area (Å²) in [7, 11) is 0. The second-order valence-electron chi connectivity index (χ2n) is 5.75. The quantitative estimate of drug-likeness (QED) is 0.715. The van der Waals surface area contributed by atoms with Gasteiger partial charge in [0.25, 0.3) is 5.91 Å². The van der Waals surface area contributed by atoms with Crippen molar-refractivity contribution in [2.45, 2.75) is 13.8 Å². The molecule has 0 bridgehead atoms. The molecule has 0 radical (unpaired) electrons. The molecule has 0 atom stereocenters. The maximum Gasteiger partial charge on any atom is 0.264 e. The normalized spacial score (nSPS) is 15.2. The Hall–Kier alpha value is -2.25. The highest BCUT2D eigenvalue weighted by Crippen LogP contribution is 2.33. The van der Waals surface area contributed by atoms with Crippen LogP contribution in [0.2, 0.25) is 0 Å². The van der Waals surface area contributed by atoms with Gasteiger partial charge in [-0.2, -0.15) is 0 Å². The molecular weight excluding hydrogens is 326 g/mol. The lowest BCUT2D eigenvalue weighted by Gasteiger charge is -2.26. The van der Waals surface area contributed by atoms with E-state index in [1.165, 1.54) is 11.3 Å². The Kier molecular flexibility index (Phi) is 3.82. The van der Waals surface area contributed by atoms with Crippen molar-refractivity contribution in [3.63, 3.8) is 0 Å². The molecule has 0 aromatic carbocycles. The van der Waals surface area contributed by atoms with Gasteiger partial charge in [0.15, 0.2) is 11.6 Å². The zero-order chi connectivity index (χ0) is 16.7. The summed E-state index contributed by atoms with van der Waals surface area (Å²) in [6.45, 7) is 6.37. The van der Waals surface area contributed by atoms with E-state index in [4.69, 9.17) is 9.15 Å². The zero-order valence-corrected chi connectivity index (χ0v) is 14.4. The molecule has 0 N–H and O–H groups in total. The lowest BCUT2D eigenvalue weighted by Crippen LogP contribution is -2.40. The molecule has 0 aliphatic carbocycles. The number of morpholine rings is 1. The lowest BCUT2D eigenvalue weighted by molar-refractivity contribution is 0.0306. The molecule has 0 spiro atoms. The summed E-state index contributed by atoms with van der Waals surface area (Å²) in [5.74, 6) is 1.24. The van der Waals surface area contributed by atoms with Crippen LogP contribution < -0.4 is 0 Å². The Bertz CT molecular complexity index is 896. The maximum atomic E-state index is 12.8. The molecule has 4 heterocycles. The van der Waals surface area contributed by atoms with Crippen LogP contribution in [0.15, 0.2) is 22.8 Å². The Morgan fingerprint density at radius 2 is 2.04 bits per heavy atom. The average Bonchev–Trinajstić information content (AvgIpc) is 3.23. The summed E-state index contributed by atoms with van der Waals surface area (Å²) in [5, 5.41) is 0.965. The van der Waals surface area contributed by atoms with Gasteiger partial charge in [-0.3, -0.25) is 4.79 Å². The van der Waals surface area contributed by atoms with Gasteiger partial charge in [0.05, 0.1) is 30.0 Å². The highest BCUT2D eigenvalue weighted by atomic mass is 32.1. The molecule has 24 heavy (non-hydrogen) atoms. The van der Waals surface area contributed by atoms with Gasteiger partial charge in [-0.1, -0.05) is 0 Å². The summed E-state index contributed by atoms with van der Waals surface area (Å²) in [4.78, 5) is 25.4. The van der Waals surface area contributed by atoms with Gasteiger partial charge in [-0.15, -0.1) is 11.3 Å². The van der Waals surface area contributed by atoms with Gasteiger partial charge in [-0.25, -0.2) is 9.97 Å². The molecular formula is C17H17N3O3S. The predicted octanol–water partition coefficient (Wildman–Crippen LogP) is 3.04. The van der Waals surface area contributed by atoms with Crippen molar-refractivity contribution in [2.24, 2.45) is 0 Å². The molecule has 1 aliphatic heterocycles. The van der Waals surface area contributed by atoms with Crippen molar-refractivity contribution in [1.29, 1.82) is 0 Å². The smallest absolute Gasteiger partial charge is 0.264 e. The van der Waals surface area contributed by atoms with Gasteiger partial charge < -0.3 is 14.1 Å². The first kappa shape index (κ1) is 15.3. The summed E-state index contributed by atoms with van der Waals surface area (Å²) in [6.07, 6.45) is 1.60. The molecule has 7 heteroatoms. The third kappa shape index (κ3) is 2.50. The number of aromatic nitrogens is 2. The van der Waals surface area contributed by atoms with Gasteiger partial charge in [0, 0.05) is 18.5 Å². The number of carbonyl (C=O) groups excluding carboxylic acids is 1. The van der Waals surface area contributed by atoms with Crippen LogP contribution >= 0.6 is 11.3 Å². The molecule has 4 rings (SSSR count). The number of ether oxygens (including phenoxy) is 1. The molecule has 1 aliphatic rings. The first-order valence-corrected chi connectivity index (χ1v) is 8.65. The Morgan fingerprint density at radius 1 is 1.25 bits per heavy atom. The summed E-state index contributed by atoms with van der Waals surface area (Å²) >= 11 is 1.43. The van der Waals surface area contributed by atoms with E-state index in [0.717, 1.165) is 26.4 Å². The first-order valence-electron chi connectivity index (χ1n) is 7.84. The van der Waals surface area contributed by atoms with Crippen LogP contribution in [0.5, 0.6) is 0 Å². The van der Waals surface area contributed by atoms with E-state index < -0.39 is 0 Å². The number of hydrogen-bond donors (Lipinski definition) is 0. The number of amides is 1. The number of fused-ring (bicyclic) bond motifs is 1. The van der Waals surface area contributed by atoms with Crippen LogP contribution in [0.4, 0.5) is 0 Å². The molecule has 3 aromatic heterocycles. The van der Waals surface area contributed by atoms with Crippen LogP contribution in [0, 0.1) is 13.8 Å². The van der Waals surface area contributed by atoms with Crippen molar-refractivity contribution in [1.82, 2.24) is 14.9 Å². The third-order valence-electron chi connectivity index (χ3n) is 4.21. The first-order chi connectivity index (χ1) is 11.6. The average molecular weight is 343 g/mol. The van der Waals surface area contributed by atoms with E-state index in [9.17, 15) is 4.79 Å². The number of thiophene rings is 1. The third-order valence-corrected chi connectivity index (χ3v) is 5.38.